The van der Waals surface area contributed by atoms with Crippen LogP contribution in [0.15, 0.2) is 35.7 Å². The van der Waals surface area contributed by atoms with E-state index in [1.54, 1.807) is 25.6 Å². The Hall–Kier alpha value is -1.93. The maximum absolute atomic E-state index is 10.7. The van der Waals surface area contributed by atoms with E-state index in [1.165, 1.54) is 17.8 Å². The van der Waals surface area contributed by atoms with Gasteiger partial charge in [-0.2, -0.15) is 0 Å². The van der Waals surface area contributed by atoms with Gasteiger partial charge in [-0.15, -0.1) is 10.2 Å². The molecule has 0 aliphatic heterocycles. The molecule has 0 atom stereocenters. The molecule has 2 aromatic rings. The third-order valence-corrected chi connectivity index (χ3v) is 3.66. The quantitative estimate of drug-likeness (QED) is 0.442. The second kappa shape index (κ2) is 7.01. The lowest BCUT2D eigenvalue weighted by Gasteiger charge is -2.05. The van der Waals surface area contributed by atoms with E-state index in [0.29, 0.717) is 18.9 Å². The fourth-order valence-corrected chi connectivity index (χ4v) is 2.49. The zero-order chi connectivity index (χ0) is 14.4. The van der Waals surface area contributed by atoms with Crippen molar-refractivity contribution in [3.8, 4) is 0 Å². The largest absolute Gasteiger partial charge is 0.383 e. The van der Waals surface area contributed by atoms with Gasteiger partial charge < -0.3 is 9.30 Å². The van der Waals surface area contributed by atoms with Crippen LogP contribution in [-0.4, -0.2) is 33.4 Å². The number of ether oxygens (including phenoxy) is 1. The first-order valence-electron chi connectivity index (χ1n) is 5.93. The third kappa shape index (κ3) is 3.78. The Morgan fingerprint density at radius 1 is 1.50 bits per heavy atom. The second-order valence-corrected chi connectivity index (χ2v) is 4.96. The SMILES string of the molecule is COCCn1cnnc1SCc1cccc([N+](=O)[O-])c1. The number of hydrogen-bond donors (Lipinski definition) is 0. The van der Waals surface area contributed by atoms with Crippen molar-refractivity contribution >= 4 is 17.4 Å². The van der Waals surface area contributed by atoms with Crippen LogP contribution in [0.25, 0.3) is 0 Å². The Labute approximate surface area is 120 Å². The third-order valence-electron chi connectivity index (χ3n) is 2.61. The number of thioether (sulfide) groups is 1. The molecule has 8 heteroatoms. The Kier molecular flexibility index (Phi) is 5.08. The molecule has 0 radical (unpaired) electrons. The van der Waals surface area contributed by atoms with Gasteiger partial charge in [0.25, 0.3) is 5.69 Å². The van der Waals surface area contributed by atoms with E-state index in [9.17, 15) is 10.1 Å². The van der Waals surface area contributed by atoms with Crippen LogP contribution in [0, 0.1) is 10.1 Å². The number of nitro groups is 1. The molecule has 106 valence electrons. The van der Waals surface area contributed by atoms with E-state index >= 15 is 0 Å². The number of rotatable bonds is 7. The predicted octanol–water partition coefficient (Wildman–Crippen LogP) is 2.12. The molecule has 0 amide bonds. The number of benzene rings is 1. The number of nitro benzene ring substituents is 1. The Bertz CT molecular complexity index is 588. The number of aromatic nitrogens is 3. The van der Waals surface area contributed by atoms with Gasteiger partial charge in [0.05, 0.1) is 11.5 Å². The summed E-state index contributed by atoms with van der Waals surface area (Å²) in [4.78, 5) is 10.3. The summed E-state index contributed by atoms with van der Waals surface area (Å²) >= 11 is 1.49. The van der Waals surface area contributed by atoms with Crippen molar-refractivity contribution in [1.82, 2.24) is 14.8 Å². The minimum Gasteiger partial charge on any atom is -0.383 e. The summed E-state index contributed by atoms with van der Waals surface area (Å²) in [6.45, 7) is 1.27. The molecule has 0 N–H and O–H groups in total. The van der Waals surface area contributed by atoms with Crippen LogP contribution in [0.1, 0.15) is 5.56 Å². The van der Waals surface area contributed by atoms with Crippen molar-refractivity contribution in [2.75, 3.05) is 13.7 Å². The summed E-state index contributed by atoms with van der Waals surface area (Å²) in [5.74, 6) is 0.605. The van der Waals surface area contributed by atoms with Gasteiger partial charge in [0.2, 0.25) is 0 Å². The zero-order valence-corrected chi connectivity index (χ0v) is 11.7. The van der Waals surface area contributed by atoms with Crippen LogP contribution in [0.2, 0.25) is 0 Å². The van der Waals surface area contributed by atoms with Gasteiger partial charge in [-0.1, -0.05) is 23.9 Å². The maximum atomic E-state index is 10.7. The topological polar surface area (TPSA) is 83.1 Å². The average molecular weight is 294 g/mol. The Morgan fingerprint density at radius 2 is 2.35 bits per heavy atom. The second-order valence-electron chi connectivity index (χ2n) is 4.02. The van der Waals surface area contributed by atoms with Crippen molar-refractivity contribution < 1.29 is 9.66 Å². The number of hydrogen-bond acceptors (Lipinski definition) is 6. The van der Waals surface area contributed by atoms with Crippen molar-refractivity contribution in [3.05, 3.63) is 46.3 Å². The molecule has 0 bridgehead atoms. The van der Waals surface area contributed by atoms with E-state index in [2.05, 4.69) is 10.2 Å². The van der Waals surface area contributed by atoms with Crippen LogP contribution in [0.5, 0.6) is 0 Å². The number of methoxy groups -OCH3 is 1. The molecule has 20 heavy (non-hydrogen) atoms. The summed E-state index contributed by atoms with van der Waals surface area (Å²) in [5, 5.41) is 19.4. The lowest BCUT2D eigenvalue weighted by Crippen LogP contribution is -2.04. The van der Waals surface area contributed by atoms with Crippen LogP contribution in [-0.2, 0) is 17.0 Å². The van der Waals surface area contributed by atoms with Gasteiger partial charge in [0.15, 0.2) is 5.16 Å². The van der Waals surface area contributed by atoms with Crippen LogP contribution < -0.4 is 0 Å². The molecule has 0 saturated carbocycles. The van der Waals surface area contributed by atoms with Gasteiger partial charge in [0, 0.05) is 31.5 Å². The highest BCUT2D eigenvalue weighted by atomic mass is 32.2. The van der Waals surface area contributed by atoms with Gasteiger partial charge in [-0.25, -0.2) is 0 Å². The first-order chi connectivity index (χ1) is 9.70. The van der Waals surface area contributed by atoms with E-state index in [0.717, 1.165) is 10.7 Å². The van der Waals surface area contributed by atoms with Gasteiger partial charge >= 0.3 is 0 Å². The monoisotopic (exact) mass is 294 g/mol. The molecule has 1 aromatic heterocycles. The normalized spacial score (nSPS) is 10.7. The molecular formula is C12H14N4O3S. The molecule has 0 aliphatic carbocycles. The average Bonchev–Trinajstić information content (AvgIpc) is 2.90. The summed E-state index contributed by atoms with van der Waals surface area (Å²) in [7, 11) is 1.64. The molecule has 1 aromatic carbocycles. The van der Waals surface area contributed by atoms with Gasteiger partial charge in [0.1, 0.15) is 6.33 Å². The van der Waals surface area contributed by atoms with Gasteiger partial charge in [-0.05, 0) is 5.56 Å². The standard InChI is InChI=1S/C12H14N4O3S/c1-19-6-5-15-9-13-14-12(15)20-8-10-3-2-4-11(7-10)16(17)18/h2-4,7,9H,5-6,8H2,1H3. The lowest BCUT2D eigenvalue weighted by atomic mass is 10.2. The molecule has 0 unspecified atom stereocenters. The Morgan fingerprint density at radius 3 is 3.10 bits per heavy atom. The summed E-state index contributed by atoms with van der Waals surface area (Å²) in [5.41, 5.74) is 0.981. The van der Waals surface area contributed by atoms with Crippen molar-refractivity contribution in [2.24, 2.45) is 0 Å². The van der Waals surface area contributed by atoms with Crippen LogP contribution in [0.4, 0.5) is 5.69 Å². The minimum absolute atomic E-state index is 0.101. The number of non-ortho nitro benzene ring substituents is 1. The highest BCUT2D eigenvalue weighted by Crippen LogP contribution is 2.22. The van der Waals surface area contributed by atoms with E-state index in [1.807, 2.05) is 10.6 Å². The zero-order valence-electron chi connectivity index (χ0n) is 10.9. The summed E-state index contributed by atoms with van der Waals surface area (Å²) in [6.07, 6.45) is 1.65. The maximum Gasteiger partial charge on any atom is 0.269 e. The van der Waals surface area contributed by atoms with Crippen LogP contribution in [0.3, 0.4) is 0 Å². The highest BCUT2D eigenvalue weighted by molar-refractivity contribution is 7.98. The molecule has 0 aliphatic rings. The Balaban J connectivity index is 2.00. The van der Waals surface area contributed by atoms with Gasteiger partial charge in [-0.3, -0.25) is 10.1 Å². The summed E-state index contributed by atoms with van der Waals surface area (Å²) < 4.78 is 6.91. The lowest BCUT2D eigenvalue weighted by molar-refractivity contribution is -0.384. The summed E-state index contributed by atoms with van der Waals surface area (Å²) in [6, 6.07) is 6.59. The molecule has 2 rings (SSSR count). The molecular weight excluding hydrogens is 280 g/mol. The number of nitrogens with zero attached hydrogens (tertiary/aromatic N) is 4. The van der Waals surface area contributed by atoms with E-state index in [-0.39, 0.29) is 5.69 Å². The highest BCUT2D eigenvalue weighted by Gasteiger charge is 2.08. The van der Waals surface area contributed by atoms with E-state index in [4.69, 9.17) is 4.74 Å². The van der Waals surface area contributed by atoms with Crippen LogP contribution >= 0.6 is 11.8 Å². The fraction of sp³-hybridized carbons (Fsp3) is 0.333. The first kappa shape index (κ1) is 14.5. The van der Waals surface area contributed by atoms with Crippen molar-refractivity contribution in [3.63, 3.8) is 0 Å². The van der Waals surface area contributed by atoms with Crippen molar-refractivity contribution in [1.29, 1.82) is 0 Å². The molecule has 0 spiro atoms. The molecule has 0 fully saturated rings. The van der Waals surface area contributed by atoms with Crippen molar-refractivity contribution in [2.45, 2.75) is 17.5 Å². The fourth-order valence-electron chi connectivity index (χ4n) is 1.61. The first-order valence-corrected chi connectivity index (χ1v) is 6.92. The van der Waals surface area contributed by atoms with E-state index < -0.39 is 4.92 Å². The molecule has 7 nitrogen and oxygen atoms in total. The predicted molar refractivity (Wildman–Crippen MR) is 74.6 cm³/mol. The minimum atomic E-state index is -0.394. The molecule has 0 saturated heterocycles. The molecule has 1 heterocycles. The smallest absolute Gasteiger partial charge is 0.269 e.